The second-order valence-corrected chi connectivity index (χ2v) is 4.44. The van der Waals surface area contributed by atoms with Gasteiger partial charge in [0.1, 0.15) is 5.69 Å². The van der Waals surface area contributed by atoms with Gasteiger partial charge in [-0.15, -0.1) is 0 Å². The summed E-state index contributed by atoms with van der Waals surface area (Å²) in [5, 5.41) is 11.5. The molecule has 0 aliphatic rings. The molecule has 0 aliphatic heterocycles. The van der Waals surface area contributed by atoms with Crippen LogP contribution in [-0.4, -0.2) is 22.0 Å². The summed E-state index contributed by atoms with van der Waals surface area (Å²) in [6.07, 6.45) is 6.33. The fraction of sp³-hybridized carbons (Fsp3) is 0.500. The van der Waals surface area contributed by atoms with Crippen LogP contribution < -0.4 is 5.32 Å². The Labute approximate surface area is 113 Å². The van der Waals surface area contributed by atoms with Gasteiger partial charge in [-0.25, -0.2) is 9.78 Å². The Bertz CT molecular complexity index is 415. The van der Waals surface area contributed by atoms with Gasteiger partial charge < -0.3 is 10.4 Å². The standard InChI is InChI=1S/C14H20N2O3/c1-2-3-4-5-6-13(17)16-10-11-7-8-12(14(18)19)15-9-11/h7-9H,2-6,10H2,1H3,(H,16,17)(H,18,19). The summed E-state index contributed by atoms with van der Waals surface area (Å²) < 4.78 is 0. The zero-order chi connectivity index (χ0) is 14.1. The van der Waals surface area contributed by atoms with Gasteiger partial charge in [-0.3, -0.25) is 4.79 Å². The number of carboxylic acids is 1. The second-order valence-electron chi connectivity index (χ2n) is 4.44. The summed E-state index contributed by atoms with van der Waals surface area (Å²) in [6.45, 7) is 2.52. The van der Waals surface area contributed by atoms with Crippen LogP contribution in [0, 0.1) is 0 Å². The first kappa shape index (κ1) is 15.1. The molecule has 2 N–H and O–H groups in total. The molecule has 5 heteroatoms. The highest BCUT2D eigenvalue weighted by Crippen LogP contribution is 2.03. The van der Waals surface area contributed by atoms with Crippen LogP contribution in [0.3, 0.4) is 0 Å². The molecule has 0 radical (unpaired) electrons. The van der Waals surface area contributed by atoms with Crippen LogP contribution in [0.4, 0.5) is 0 Å². The molecule has 0 fully saturated rings. The Kier molecular flexibility index (Phi) is 6.57. The molecular weight excluding hydrogens is 244 g/mol. The number of carboxylic acid groups (broad SMARTS) is 1. The van der Waals surface area contributed by atoms with E-state index in [1.165, 1.54) is 12.3 Å². The smallest absolute Gasteiger partial charge is 0.354 e. The fourth-order valence-electron chi connectivity index (χ4n) is 1.66. The summed E-state index contributed by atoms with van der Waals surface area (Å²) in [7, 11) is 0. The number of aromatic carboxylic acids is 1. The summed E-state index contributed by atoms with van der Waals surface area (Å²) in [6, 6.07) is 3.10. The molecule has 1 aromatic rings. The number of hydrogen-bond acceptors (Lipinski definition) is 3. The van der Waals surface area contributed by atoms with Crippen LogP contribution in [0.2, 0.25) is 0 Å². The van der Waals surface area contributed by atoms with Crippen molar-refractivity contribution in [1.82, 2.24) is 10.3 Å². The van der Waals surface area contributed by atoms with Crippen molar-refractivity contribution in [3.63, 3.8) is 0 Å². The average molecular weight is 264 g/mol. The Morgan fingerprint density at radius 3 is 2.63 bits per heavy atom. The summed E-state index contributed by atoms with van der Waals surface area (Å²) in [5.74, 6) is -1.02. The Morgan fingerprint density at radius 2 is 2.05 bits per heavy atom. The highest BCUT2D eigenvalue weighted by molar-refractivity contribution is 5.85. The number of amides is 1. The number of hydrogen-bond donors (Lipinski definition) is 2. The van der Waals surface area contributed by atoms with Crippen molar-refractivity contribution >= 4 is 11.9 Å². The van der Waals surface area contributed by atoms with Gasteiger partial charge in [0, 0.05) is 19.2 Å². The Balaban J connectivity index is 2.28. The van der Waals surface area contributed by atoms with Gasteiger partial charge in [0.25, 0.3) is 0 Å². The summed E-state index contributed by atoms with van der Waals surface area (Å²) in [4.78, 5) is 25.9. The number of aromatic nitrogens is 1. The van der Waals surface area contributed by atoms with Gasteiger partial charge in [-0.05, 0) is 18.1 Å². The first-order valence-corrected chi connectivity index (χ1v) is 6.58. The third-order valence-corrected chi connectivity index (χ3v) is 2.79. The SMILES string of the molecule is CCCCCCC(=O)NCc1ccc(C(=O)O)nc1. The molecular formula is C14H20N2O3. The lowest BCUT2D eigenvalue weighted by molar-refractivity contribution is -0.121. The summed E-state index contributed by atoms with van der Waals surface area (Å²) in [5.41, 5.74) is 0.807. The first-order chi connectivity index (χ1) is 9.13. The van der Waals surface area contributed by atoms with E-state index in [0.717, 1.165) is 31.2 Å². The van der Waals surface area contributed by atoms with E-state index in [4.69, 9.17) is 5.11 Å². The third-order valence-electron chi connectivity index (χ3n) is 2.79. The van der Waals surface area contributed by atoms with Crippen LogP contribution in [0.5, 0.6) is 0 Å². The first-order valence-electron chi connectivity index (χ1n) is 6.58. The van der Waals surface area contributed by atoms with Gasteiger partial charge in [-0.1, -0.05) is 32.3 Å². The number of rotatable bonds is 8. The van der Waals surface area contributed by atoms with E-state index < -0.39 is 5.97 Å². The second kappa shape index (κ2) is 8.24. The van der Waals surface area contributed by atoms with Gasteiger partial charge in [0.2, 0.25) is 5.91 Å². The highest BCUT2D eigenvalue weighted by atomic mass is 16.4. The minimum Gasteiger partial charge on any atom is -0.477 e. The molecule has 0 saturated heterocycles. The predicted octanol–water partition coefficient (Wildman–Crippen LogP) is 2.37. The quantitative estimate of drug-likeness (QED) is 0.706. The molecule has 19 heavy (non-hydrogen) atoms. The van der Waals surface area contributed by atoms with Gasteiger partial charge in [0.05, 0.1) is 0 Å². The number of carbonyl (C=O) groups is 2. The van der Waals surface area contributed by atoms with E-state index in [1.54, 1.807) is 6.07 Å². The van der Waals surface area contributed by atoms with Crippen molar-refractivity contribution in [1.29, 1.82) is 0 Å². The van der Waals surface area contributed by atoms with E-state index in [9.17, 15) is 9.59 Å². The normalized spacial score (nSPS) is 10.2. The topological polar surface area (TPSA) is 79.3 Å². The fourth-order valence-corrected chi connectivity index (χ4v) is 1.66. The van der Waals surface area contributed by atoms with E-state index in [-0.39, 0.29) is 11.6 Å². The Hall–Kier alpha value is -1.91. The maximum Gasteiger partial charge on any atom is 0.354 e. The molecule has 1 heterocycles. The van der Waals surface area contributed by atoms with Crippen molar-refractivity contribution in [2.24, 2.45) is 0 Å². The van der Waals surface area contributed by atoms with Crippen LogP contribution in [0.15, 0.2) is 18.3 Å². The molecule has 0 aliphatic carbocycles. The van der Waals surface area contributed by atoms with Crippen molar-refractivity contribution in [2.75, 3.05) is 0 Å². The van der Waals surface area contributed by atoms with E-state index in [1.807, 2.05) is 0 Å². The van der Waals surface area contributed by atoms with Crippen LogP contribution in [0.1, 0.15) is 55.1 Å². The molecule has 1 aromatic heterocycles. The van der Waals surface area contributed by atoms with Crippen molar-refractivity contribution in [3.05, 3.63) is 29.6 Å². The molecule has 5 nitrogen and oxygen atoms in total. The largest absolute Gasteiger partial charge is 0.477 e. The lowest BCUT2D eigenvalue weighted by Crippen LogP contribution is -2.22. The van der Waals surface area contributed by atoms with E-state index in [0.29, 0.717) is 13.0 Å². The zero-order valence-electron chi connectivity index (χ0n) is 11.2. The van der Waals surface area contributed by atoms with Crippen LogP contribution in [-0.2, 0) is 11.3 Å². The van der Waals surface area contributed by atoms with Gasteiger partial charge >= 0.3 is 5.97 Å². The van der Waals surface area contributed by atoms with Gasteiger partial charge in [-0.2, -0.15) is 0 Å². The third kappa shape index (κ3) is 5.99. The number of carbonyl (C=O) groups excluding carboxylic acids is 1. The molecule has 1 rings (SSSR count). The average Bonchev–Trinajstić information content (AvgIpc) is 2.42. The number of nitrogens with zero attached hydrogens (tertiary/aromatic N) is 1. The monoisotopic (exact) mass is 264 g/mol. The van der Waals surface area contributed by atoms with Crippen LogP contribution in [0.25, 0.3) is 0 Å². The lowest BCUT2D eigenvalue weighted by atomic mass is 10.1. The molecule has 0 spiro atoms. The molecule has 1 amide bonds. The molecule has 0 atom stereocenters. The minimum atomic E-state index is -1.05. The predicted molar refractivity (Wildman–Crippen MR) is 71.8 cm³/mol. The Morgan fingerprint density at radius 1 is 1.26 bits per heavy atom. The zero-order valence-corrected chi connectivity index (χ0v) is 11.2. The molecule has 0 aromatic carbocycles. The van der Waals surface area contributed by atoms with E-state index >= 15 is 0 Å². The van der Waals surface area contributed by atoms with Crippen molar-refractivity contribution < 1.29 is 14.7 Å². The number of unbranched alkanes of at least 4 members (excludes halogenated alkanes) is 3. The van der Waals surface area contributed by atoms with E-state index in [2.05, 4.69) is 17.2 Å². The maximum absolute atomic E-state index is 11.5. The maximum atomic E-state index is 11.5. The van der Waals surface area contributed by atoms with Crippen LogP contribution >= 0.6 is 0 Å². The summed E-state index contributed by atoms with van der Waals surface area (Å²) >= 11 is 0. The number of nitrogens with one attached hydrogen (secondary N) is 1. The minimum absolute atomic E-state index is 0.00893. The molecule has 104 valence electrons. The molecule has 0 bridgehead atoms. The van der Waals surface area contributed by atoms with Crippen molar-refractivity contribution in [2.45, 2.75) is 45.6 Å². The molecule has 0 unspecified atom stereocenters. The highest BCUT2D eigenvalue weighted by Gasteiger charge is 2.05. The molecule has 0 saturated carbocycles. The van der Waals surface area contributed by atoms with Crippen molar-refractivity contribution in [3.8, 4) is 0 Å². The van der Waals surface area contributed by atoms with Gasteiger partial charge in [0.15, 0.2) is 0 Å². The lowest BCUT2D eigenvalue weighted by Gasteiger charge is -2.05. The number of pyridine rings is 1.